The second-order valence-electron chi connectivity index (χ2n) is 3.79. The average Bonchev–Trinajstić information content (AvgIpc) is 3.03. The van der Waals surface area contributed by atoms with Gasteiger partial charge in [0.25, 0.3) is 0 Å². The van der Waals surface area contributed by atoms with Gasteiger partial charge in [-0.3, -0.25) is 0 Å². The maximum atomic E-state index is 5.64. The molecule has 2 N–H and O–H groups in total. The highest BCUT2D eigenvalue weighted by atomic mass is 79.9. The Labute approximate surface area is 110 Å². The minimum Gasteiger partial charge on any atom is -0.397 e. The van der Waals surface area contributed by atoms with Gasteiger partial charge in [0.05, 0.1) is 22.4 Å². The van der Waals surface area contributed by atoms with Gasteiger partial charge in [0.15, 0.2) is 0 Å². The highest BCUT2D eigenvalue weighted by Crippen LogP contribution is 2.38. The van der Waals surface area contributed by atoms with Crippen molar-refractivity contribution < 1.29 is 0 Å². The third kappa shape index (κ3) is 2.27. The predicted octanol–water partition coefficient (Wildman–Crippen LogP) is 1.90. The molecule has 0 unspecified atom stereocenters. The Morgan fingerprint density at radius 2 is 2.29 bits per heavy atom. The topological polar surface area (TPSA) is 82.5 Å². The number of anilines is 1. The van der Waals surface area contributed by atoms with Gasteiger partial charge in [0, 0.05) is 0 Å². The zero-order valence-corrected chi connectivity index (χ0v) is 11.1. The quantitative estimate of drug-likeness (QED) is 0.932. The number of aromatic nitrogens is 5. The number of hydrogen-bond acceptors (Lipinski definition) is 6. The average molecular weight is 313 g/mol. The molecule has 1 saturated carbocycles. The predicted molar refractivity (Wildman–Crippen MR) is 66.6 cm³/mol. The van der Waals surface area contributed by atoms with E-state index >= 15 is 0 Å². The van der Waals surface area contributed by atoms with Crippen LogP contribution in [0, 0.1) is 0 Å². The van der Waals surface area contributed by atoms with E-state index in [1.165, 1.54) is 11.8 Å². The molecular weight excluding hydrogens is 304 g/mol. The third-order valence-corrected chi connectivity index (χ3v) is 4.21. The van der Waals surface area contributed by atoms with E-state index in [2.05, 4.69) is 36.4 Å². The number of halogens is 1. The van der Waals surface area contributed by atoms with Crippen molar-refractivity contribution in [3.63, 3.8) is 0 Å². The zero-order chi connectivity index (χ0) is 11.8. The molecular formula is C9H9BrN6S. The lowest BCUT2D eigenvalue weighted by Crippen LogP contribution is -1.99. The summed E-state index contributed by atoms with van der Waals surface area (Å²) >= 11 is 4.87. The molecule has 2 aromatic rings. The second-order valence-corrected chi connectivity index (χ2v) is 5.61. The molecule has 0 saturated heterocycles. The Bertz CT molecular complexity index is 552. The van der Waals surface area contributed by atoms with Gasteiger partial charge in [-0.2, -0.15) is 0 Å². The first-order valence-corrected chi connectivity index (χ1v) is 6.72. The van der Waals surface area contributed by atoms with E-state index < -0.39 is 0 Å². The van der Waals surface area contributed by atoms with Crippen LogP contribution in [0.2, 0.25) is 0 Å². The van der Waals surface area contributed by atoms with E-state index in [1.54, 1.807) is 6.20 Å². The summed E-state index contributed by atoms with van der Waals surface area (Å²) in [4.78, 5) is 4.26. The molecule has 6 nitrogen and oxygen atoms in total. The normalized spacial score (nSPS) is 15.1. The SMILES string of the molecule is Nc1cnc(Sc2nnnn2C2CC2)c(Br)c1. The number of rotatable bonds is 3. The molecule has 1 aliphatic rings. The lowest BCUT2D eigenvalue weighted by atomic mass is 10.4. The standard InChI is InChI=1S/C9H9BrN6S/c10-7-3-5(11)4-12-8(7)17-9-13-14-15-16(9)6-1-2-6/h3-4,6H,1-2,11H2. The molecule has 17 heavy (non-hydrogen) atoms. The summed E-state index contributed by atoms with van der Waals surface area (Å²) in [6.07, 6.45) is 3.92. The van der Waals surface area contributed by atoms with Gasteiger partial charge in [-0.05, 0) is 57.0 Å². The van der Waals surface area contributed by atoms with Crippen molar-refractivity contribution in [1.82, 2.24) is 25.2 Å². The molecule has 0 aliphatic heterocycles. The number of nitrogens with zero attached hydrogens (tertiary/aromatic N) is 5. The fraction of sp³-hybridized carbons (Fsp3) is 0.333. The van der Waals surface area contributed by atoms with Gasteiger partial charge in [-0.25, -0.2) is 9.67 Å². The van der Waals surface area contributed by atoms with E-state index in [0.29, 0.717) is 11.7 Å². The highest BCUT2D eigenvalue weighted by molar-refractivity contribution is 9.10. The summed E-state index contributed by atoms with van der Waals surface area (Å²) in [5, 5.41) is 13.3. The lowest BCUT2D eigenvalue weighted by Gasteiger charge is -2.04. The van der Waals surface area contributed by atoms with Gasteiger partial charge in [0.1, 0.15) is 5.03 Å². The van der Waals surface area contributed by atoms with Gasteiger partial charge < -0.3 is 5.73 Å². The van der Waals surface area contributed by atoms with Crippen molar-refractivity contribution in [3.05, 3.63) is 16.7 Å². The van der Waals surface area contributed by atoms with Crippen LogP contribution in [0.3, 0.4) is 0 Å². The third-order valence-electron chi connectivity index (χ3n) is 2.37. The van der Waals surface area contributed by atoms with Crippen LogP contribution >= 0.6 is 27.7 Å². The fourth-order valence-electron chi connectivity index (χ4n) is 1.40. The molecule has 8 heteroatoms. The van der Waals surface area contributed by atoms with E-state index in [1.807, 2.05) is 10.7 Å². The molecule has 3 rings (SSSR count). The molecule has 1 aliphatic carbocycles. The van der Waals surface area contributed by atoms with Gasteiger partial charge >= 0.3 is 0 Å². The van der Waals surface area contributed by atoms with Crippen LogP contribution in [0.15, 0.2) is 26.9 Å². The van der Waals surface area contributed by atoms with E-state index in [9.17, 15) is 0 Å². The molecule has 0 bridgehead atoms. The Hall–Kier alpha value is -1.15. The summed E-state index contributed by atoms with van der Waals surface area (Å²) in [7, 11) is 0. The number of hydrogen-bond donors (Lipinski definition) is 1. The van der Waals surface area contributed by atoms with Crippen LogP contribution in [0.25, 0.3) is 0 Å². The molecule has 0 radical (unpaired) electrons. The smallest absolute Gasteiger partial charge is 0.215 e. The Morgan fingerprint density at radius 3 is 3.00 bits per heavy atom. The lowest BCUT2D eigenvalue weighted by molar-refractivity contribution is 0.565. The maximum absolute atomic E-state index is 5.64. The Morgan fingerprint density at radius 1 is 1.47 bits per heavy atom. The van der Waals surface area contributed by atoms with Gasteiger partial charge in [-0.1, -0.05) is 0 Å². The molecule has 2 heterocycles. The van der Waals surface area contributed by atoms with Gasteiger partial charge in [-0.15, -0.1) is 5.10 Å². The molecule has 2 aromatic heterocycles. The van der Waals surface area contributed by atoms with Crippen molar-refractivity contribution >= 4 is 33.4 Å². The summed E-state index contributed by atoms with van der Waals surface area (Å²) in [5.41, 5.74) is 6.27. The minimum atomic E-state index is 0.458. The summed E-state index contributed by atoms with van der Waals surface area (Å²) in [5.74, 6) is 0. The van der Waals surface area contributed by atoms with Crippen molar-refractivity contribution in [3.8, 4) is 0 Å². The molecule has 88 valence electrons. The van der Waals surface area contributed by atoms with Crippen LogP contribution in [-0.4, -0.2) is 25.2 Å². The molecule has 0 aromatic carbocycles. The van der Waals surface area contributed by atoms with Crippen LogP contribution in [0.5, 0.6) is 0 Å². The van der Waals surface area contributed by atoms with E-state index in [4.69, 9.17) is 5.73 Å². The van der Waals surface area contributed by atoms with Crippen molar-refractivity contribution in [1.29, 1.82) is 0 Å². The van der Waals surface area contributed by atoms with Crippen LogP contribution < -0.4 is 5.73 Å². The first-order chi connectivity index (χ1) is 8.24. The summed E-state index contributed by atoms with van der Waals surface area (Å²) in [6, 6.07) is 2.28. The Kier molecular flexibility index (Phi) is 2.75. The summed E-state index contributed by atoms with van der Waals surface area (Å²) < 4.78 is 2.71. The van der Waals surface area contributed by atoms with E-state index in [-0.39, 0.29) is 0 Å². The molecule has 0 atom stereocenters. The van der Waals surface area contributed by atoms with Crippen molar-refractivity contribution in [2.24, 2.45) is 0 Å². The largest absolute Gasteiger partial charge is 0.397 e. The Balaban J connectivity index is 1.88. The van der Waals surface area contributed by atoms with Crippen molar-refractivity contribution in [2.45, 2.75) is 29.1 Å². The fourth-order valence-corrected chi connectivity index (χ4v) is 2.80. The number of nitrogens with two attached hydrogens (primary N) is 1. The maximum Gasteiger partial charge on any atom is 0.215 e. The molecule has 1 fully saturated rings. The zero-order valence-electron chi connectivity index (χ0n) is 8.75. The van der Waals surface area contributed by atoms with E-state index in [0.717, 1.165) is 27.5 Å². The minimum absolute atomic E-state index is 0.458. The summed E-state index contributed by atoms with van der Waals surface area (Å²) in [6.45, 7) is 0. The van der Waals surface area contributed by atoms with Crippen LogP contribution in [0.4, 0.5) is 5.69 Å². The first-order valence-electron chi connectivity index (χ1n) is 5.11. The highest BCUT2D eigenvalue weighted by Gasteiger charge is 2.28. The first kappa shape index (κ1) is 11.0. The molecule has 0 amide bonds. The second kappa shape index (κ2) is 4.26. The van der Waals surface area contributed by atoms with Crippen LogP contribution in [0.1, 0.15) is 18.9 Å². The number of pyridine rings is 1. The van der Waals surface area contributed by atoms with Crippen molar-refractivity contribution in [2.75, 3.05) is 5.73 Å². The monoisotopic (exact) mass is 312 g/mol. The van der Waals surface area contributed by atoms with Gasteiger partial charge in [0.2, 0.25) is 5.16 Å². The van der Waals surface area contributed by atoms with Crippen LogP contribution in [-0.2, 0) is 0 Å². The molecule has 0 spiro atoms. The number of tetrazole rings is 1. The number of nitrogen functional groups attached to an aromatic ring is 1.